The summed E-state index contributed by atoms with van der Waals surface area (Å²) in [6.07, 6.45) is 2.11. The van der Waals surface area contributed by atoms with E-state index >= 15 is 0 Å². The zero-order chi connectivity index (χ0) is 18.4. The highest BCUT2D eigenvalue weighted by molar-refractivity contribution is 5.94. The van der Waals surface area contributed by atoms with Gasteiger partial charge in [-0.05, 0) is 74.9 Å². The second-order valence-electron chi connectivity index (χ2n) is 7.57. The zero-order valence-electron chi connectivity index (χ0n) is 15.9. The Morgan fingerprint density at radius 2 is 1.72 bits per heavy atom. The third-order valence-electron chi connectivity index (χ3n) is 5.21. The molecular formula is C23H25N2+. The number of pyridine rings is 1. The fraction of sp³-hybridized carbons (Fsp3) is 0.304. The molecule has 2 heteroatoms. The summed E-state index contributed by atoms with van der Waals surface area (Å²) in [6, 6.07) is 15.4. The highest BCUT2D eigenvalue weighted by Crippen LogP contribution is 2.32. The summed E-state index contributed by atoms with van der Waals surface area (Å²) in [6.45, 7) is 10.4. The van der Waals surface area contributed by atoms with Gasteiger partial charge >= 0.3 is 0 Å². The number of hydrogen-bond acceptors (Lipinski definition) is 1. The molecule has 0 amide bonds. The molecule has 1 heterocycles. The molecule has 25 heavy (non-hydrogen) atoms. The van der Waals surface area contributed by atoms with Crippen LogP contribution in [0, 0.1) is 32.1 Å². The first-order valence-corrected chi connectivity index (χ1v) is 8.67. The van der Waals surface area contributed by atoms with Crippen molar-refractivity contribution in [2.24, 2.45) is 7.05 Å². The average Bonchev–Trinajstić information content (AvgIpc) is 2.58. The fourth-order valence-electron chi connectivity index (χ4n) is 3.45. The van der Waals surface area contributed by atoms with Crippen LogP contribution in [0.25, 0.3) is 22.0 Å². The summed E-state index contributed by atoms with van der Waals surface area (Å²) in [5, 5.41) is 11.8. The molecule has 3 rings (SSSR count). The molecular weight excluding hydrogens is 304 g/mol. The van der Waals surface area contributed by atoms with Crippen LogP contribution in [0.4, 0.5) is 0 Å². The Balaban J connectivity index is 2.34. The Morgan fingerprint density at radius 3 is 2.40 bits per heavy atom. The van der Waals surface area contributed by atoms with E-state index in [0.29, 0.717) is 0 Å². The van der Waals surface area contributed by atoms with E-state index in [2.05, 4.69) is 81.1 Å². The van der Waals surface area contributed by atoms with E-state index in [0.717, 1.165) is 5.56 Å². The minimum absolute atomic E-state index is 0.484. The summed E-state index contributed by atoms with van der Waals surface area (Å²) in [5.74, 6) is 0. The van der Waals surface area contributed by atoms with Crippen LogP contribution in [0.1, 0.15) is 36.1 Å². The molecule has 0 aliphatic carbocycles. The largest absolute Gasteiger partial charge is 0.220 e. The summed E-state index contributed by atoms with van der Waals surface area (Å²) in [7, 11) is 2.10. The van der Waals surface area contributed by atoms with E-state index < -0.39 is 5.41 Å². The molecule has 0 unspecified atom stereocenters. The molecule has 2 nitrogen and oxygen atoms in total. The van der Waals surface area contributed by atoms with Crippen LogP contribution in [0.15, 0.2) is 42.6 Å². The van der Waals surface area contributed by atoms with Crippen molar-refractivity contribution in [2.45, 2.75) is 40.0 Å². The van der Waals surface area contributed by atoms with E-state index in [-0.39, 0.29) is 0 Å². The molecule has 0 fully saturated rings. The van der Waals surface area contributed by atoms with Crippen molar-refractivity contribution in [3.05, 3.63) is 64.8 Å². The molecule has 0 spiro atoms. The van der Waals surface area contributed by atoms with Crippen LogP contribution < -0.4 is 4.57 Å². The number of nitrogens with zero attached hydrogens (tertiary/aromatic N) is 2. The van der Waals surface area contributed by atoms with Gasteiger partial charge in [0, 0.05) is 6.07 Å². The van der Waals surface area contributed by atoms with Gasteiger partial charge in [0.25, 0.3) is 0 Å². The van der Waals surface area contributed by atoms with Crippen LogP contribution in [0.3, 0.4) is 0 Å². The molecule has 0 N–H and O–H groups in total. The molecule has 0 aliphatic rings. The topological polar surface area (TPSA) is 27.7 Å². The Hall–Kier alpha value is -2.66. The second kappa shape index (κ2) is 6.01. The van der Waals surface area contributed by atoms with Crippen LogP contribution in [-0.2, 0) is 12.5 Å². The zero-order valence-corrected chi connectivity index (χ0v) is 15.9. The number of nitriles is 1. The molecule has 0 atom stereocenters. The van der Waals surface area contributed by atoms with E-state index in [1.165, 1.54) is 38.7 Å². The highest BCUT2D eigenvalue weighted by atomic mass is 14.9. The van der Waals surface area contributed by atoms with Gasteiger partial charge in [-0.25, -0.2) is 4.57 Å². The minimum atomic E-state index is -0.484. The number of hydrogen-bond donors (Lipinski definition) is 0. The molecule has 3 aromatic rings. The molecule has 0 bridgehead atoms. The smallest absolute Gasteiger partial charge is 0.200 e. The molecule has 0 saturated carbocycles. The lowest BCUT2D eigenvalue weighted by Crippen LogP contribution is -2.31. The van der Waals surface area contributed by atoms with Gasteiger partial charge in [0.15, 0.2) is 6.20 Å². The molecule has 2 aromatic carbocycles. The first-order chi connectivity index (χ1) is 11.7. The van der Waals surface area contributed by atoms with Gasteiger partial charge in [0.05, 0.1) is 22.4 Å². The molecule has 0 aliphatic heterocycles. The predicted octanol–water partition coefficient (Wildman–Crippen LogP) is 5.06. The first kappa shape index (κ1) is 17.2. The van der Waals surface area contributed by atoms with Crippen molar-refractivity contribution in [1.29, 1.82) is 5.26 Å². The Labute approximate surface area is 150 Å². The van der Waals surface area contributed by atoms with Crippen LogP contribution in [0.5, 0.6) is 0 Å². The number of benzene rings is 2. The van der Waals surface area contributed by atoms with Crippen molar-refractivity contribution in [3.63, 3.8) is 0 Å². The monoisotopic (exact) mass is 329 g/mol. The first-order valence-electron chi connectivity index (χ1n) is 8.67. The van der Waals surface area contributed by atoms with Crippen molar-refractivity contribution >= 4 is 10.8 Å². The SMILES string of the molecule is Cc1cc(C)c(C)c(-c2c3ccc(C(C)(C)C#N)cc3cc[n+]2C)c1. The van der Waals surface area contributed by atoms with Gasteiger partial charge in [-0.1, -0.05) is 17.7 Å². The van der Waals surface area contributed by atoms with E-state index in [9.17, 15) is 5.26 Å². The summed E-state index contributed by atoms with van der Waals surface area (Å²) >= 11 is 0. The standard InChI is InChI=1S/C23H25N2/c1-15-11-16(2)17(3)21(12-15)22-20-8-7-19(23(4,5)14-24)13-18(20)9-10-25(22)6/h7-13H,1-6H3/q+1. The Bertz CT molecular complexity index is 1020. The van der Waals surface area contributed by atoms with Crippen LogP contribution in [-0.4, -0.2) is 0 Å². The van der Waals surface area contributed by atoms with Gasteiger partial charge in [-0.3, -0.25) is 0 Å². The Kier molecular flexibility index (Phi) is 4.13. The Morgan fingerprint density at radius 1 is 1.00 bits per heavy atom. The minimum Gasteiger partial charge on any atom is -0.200 e. The number of fused-ring (bicyclic) bond motifs is 1. The number of aryl methyl sites for hydroxylation is 3. The van der Waals surface area contributed by atoms with Crippen LogP contribution in [0.2, 0.25) is 0 Å². The van der Waals surface area contributed by atoms with Gasteiger partial charge in [0.1, 0.15) is 7.05 Å². The molecule has 1 aromatic heterocycles. The number of rotatable bonds is 2. The van der Waals surface area contributed by atoms with Crippen molar-refractivity contribution in [2.75, 3.05) is 0 Å². The fourth-order valence-corrected chi connectivity index (χ4v) is 3.45. The van der Waals surface area contributed by atoms with Crippen molar-refractivity contribution in [3.8, 4) is 17.3 Å². The van der Waals surface area contributed by atoms with E-state index in [4.69, 9.17) is 0 Å². The molecule has 0 saturated heterocycles. The lowest BCUT2D eigenvalue weighted by molar-refractivity contribution is -0.659. The van der Waals surface area contributed by atoms with E-state index in [1.807, 2.05) is 13.8 Å². The normalized spacial score (nSPS) is 11.6. The third-order valence-corrected chi connectivity index (χ3v) is 5.21. The summed E-state index contributed by atoms with van der Waals surface area (Å²) in [5.41, 5.74) is 6.98. The van der Waals surface area contributed by atoms with Crippen LogP contribution >= 0.6 is 0 Å². The van der Waals surface area contributed by atoms with E-state index in [1.54, 1.807) is 0 Å². The maximum atomic E-state index is 9.44. The summed E-state index contributed by atoms with van der Waals surface area (Å²) < 4.78 is 2.19. The average molecular weight is 329 g/mol. The maximum absolute atomic E-state index is 9.44. The quantitative estimate of drug-likeness (QED) is 0.604. The summed E-state index contributed by atoms with van der Waals surface area (Å²) in [4.78, 5) is 0. The van der Waals surface area contributed by atoms with Gasteiger partial charge in [-0.15, -0.1) is 0 Å². The predicted molar refractivity (Wildman–Crippen MR) is 103 cm³/mol. The number of aromatic nitrogens is 1. The lowest BCUT2D eigenvalue weighted by atomic mass is 9.85. The third kappa shape index (κ3) is 2.91. The van der Waals surface area contributed by atoms with Gasteiger partial charge in [0.2, 0.25) is 5.69 Å². The second-order valence-corrected chi connectivity index (χ2v) is 7.57. The molecule has 126 valence electrons. The van der Waals surface area contributed by atoms with Crippen molar-refractivity contribution in [1.82, 2.24) is 0 Å². The molecule has 0 radical (unpaired) electrons. The highest BCUT2D eigenvalue weighted by Gasteiger charge is 2.23. The van der Waals surface area contributed by atoms with Gasteiger partial charge < -0.3 is 0 Å². The lowest BCUT2D eigenvalue weighted by Gasteiger charge is -2.17. The maximum Gasteiger partial charge on any atom is 0.220 e. The van der Waals surface area contributed by atoms with Gasteiger partial charge in [-0.2, -0.15) is 5.26 Å². The van der Waals surface area contributed by atoms with Crippen molar-refractivity contribution < 1.29 is 4.57 Å².